The lowest BCUT2D eigenvalue weighted by Crippen LogP contribution is -2.49. The number of aryl methyl sites for hydroxylation is 1. The van der Waals surface area contributed by atoms with Crippen molar-refractivity contribution >= 4 is 39.1 Å². The number of aromatic nitrogens is 2. The van der Waals surface area contributed by atoms with Crippen molar-refractivity contribution in [3.05, 3.63) is 75.0 Å². The van der Waals surface area contributed by atoms with Gasteiger partial charge in [-0.15, -0.1) is 0 Å². The van der Waals surface area contributed by atoms with Crippen LogP contribution in [-0.2, 0) is 0 Å². The van der Waals surface area contributed by atoms with Crippen LogP contribution in [-0.4, -0.2) is 46.8 Å². The molecule has 5 nitrogen and oxygen atoms in total. The summed E-state index contributed by atoms with van der Waals surface area (Å²) in [6.07, 6.45) is 0. The average molecular weight is 474 g/mol. The molecule has 2 heterocycles. The number of carbonyl (C=O) groups excluding carboxylic acids is 1. The first-order valence-corrected chi connectivity index (χ1v) is 10.7. The predicted octanol–water partition coefficient (Wildman–Crippen LogP) is 4.87. The third-order valence-electron chi connectivity index (χ3n) is 5.30. The van der Waals surface area contributed by atoms with Crippen LogP contribution in [0.25, 0.3) is 5.69 Å². The molecule has 1 amide bonds. The van der Waals surface area contributed by atoms with Crippen molar-refractivity contribution in [1.82, 2.24) is 14.7 Å². The first kappa shape index (κ1) is 20.0. The number of anilines is 1. The van der Waals surface area contributed by atoms with E-state index in [1.165, 1.54) is 0 Å². The Bertz CT molecular complexity index is 1040. The molecule has 0 N–H and O–H groups in total. The van der Waals surface area contributed by atoms with E-state index >= 15 is 0 Å². The number of para-hydroxylation sites is 1. The predicted molar refractivity (Wildman–Crippen MR) is 120 cm³/mol. The molecule has 7 heteroatoms. The van der Waals surface area contributed by atoms with Gasteiger partial charge < -0.3 is 9.80 Å². The van der Waals surface area contributed by atoms with Crippen LogP contribution in [0.5, 0.6) is 0 Å². The van der Waals surface area contributed by atoms with Crippen LogP contribution in [0.15, 0.2) is 53.0 Å². The number of halogens is 2. The average Bonchev–Trinajstić information content (AvgIpc) is 3.04. The molecule has 1 aliphatic rings. The zero-order valence-corrected chi connectivity index (χ0v) is 18.7. The molecule has 1 saturated heterocycles. The van der Waals surface area contributed by atoms with Crippen LogP contribution < -0.4 is 4.90 Å². The Labute approximate surface area is 184 Å². The fraction of sp³-hybridized carbons (Fsp3) is 0.273. The molecule has 0 radical (unpaired) electrons. The second-order valence-corrected chi connectivity index (χ2v) is 8.49. The molecule has 0 saturated carbocycles. The zero-order valence-electron chi connectivity index (χ0n) is 16.4. The molecule has 0 atom stereocenters. The van der Waals surface area contributed by atoms with Gasteiger partial charge in [-0.25, -0.2) is 4.68 Å². The Morgan fingerprint density at radius 3 is 2.41 bits per heavy atom. The number of piperazine rings is 1. The summed E-state index contributed by atoms with van der Waals surface area (Å²) in [6.45, 7) is 6.97. The molecule has 1 aliphatic heterocycles. The lowest BCUT2D eigenvalue weighted by molar-refractivity contribution is 0.0747. The quantitative estimate of drug-likeness (QED) is 0.545. The van der Waals surface area contributed by atoms with Crippen molar-refractivity contribution in [3.63, 3.8) is 0 Å². The highest BCUT2D eigenvalue weighted by Gasteiger charge is 2.27. The lowest BCUT2D eigenvalue weighted by atomic mass is 10.1. The number of carbonyl (C=O) groups is 1. The molecule has 0 unspecified atom stereocenters. The molecular formula is C22H22BrClN4O. The van der Waals surface area contributed by atoms with Gasteiger partial charge in [-0.3, -0.25) is 4.79 Å². The van der Waals surface area contributed by atoms with Gasteiger partial charge in [-0.2, -0.15) is 5.10 Å². The monoisotopic (exact) mass is 472 g/mol. The van der Waals surface area contributed by atoms with E-state index in [4.69, 9.17) is 16.7 Å². The number of hydrogen-bond donors (Lipinski definition) is 0. The zero-order chi connectivity index (χ0) is 20.5. The fourth-order valence-corrected chi connectivity index (χ4v) is 4.44. The van der Waals surface area contributed by atoms with Gasteiger partial charge in [-0.05, 0) is 44.2 Å². The van der Waals surface area contributed by atoms with E-state index in [0.29, 0.717) is 23.7 Å². The van der Waals surface area contributed by atoms with E-state index in [1.54, 1.807) is 12.1 Å². The Balaban J connectivity index is 1.51. The standard InChI is InChI=1S/C22H22BrClN4O/c1-15-21(16(2)28(25-15)18-6-4-3-5-7-18)26-10-12-27(13-11-26)22(29)19-14-17(23)8-9-20(19)24/h3-9,14H,10-13H2,1-2H3. The summed E-state index contributed by atoms with van der Waals surface area (Å²) in [5, 5.41) is 5.23. The van der Waals surface area contributed by atoms with Crippen molar-refractivity contribution in [2.45, 2.75) is 13.8 Å². The van der Waals surface area contributed by atoms with Crippen LogP contribution in [0, 0.1) is 13.8 Å². The van der Waals surface area contributed by atoms with Gasteiger partial charge in [0.25, 0.3) is 5.91 Å². The Kier molecular flexibility index (Phi) is 5.65. The van der Waals surface area contributed by atoms with Crippen LogP contribution in [0.4, 0.5) is 5.69 Å². The largest absolute Gasteiger partial charge is 0.365 e. The van der Waals surface area contributed by atoms with Crippen molar-refractivity contribution in [2.75, 3.05) is 31.1 Å². The smallest absolute Gasteiger partial charge is 0.255 e. The first-order valence-electron chi connectivity index (χ1n) is 9.56. The van der Waals surface area contributed by atoms with E-state index in [9.17, 15) is 4.79 Å². The summed E-state index contributed by atoms with van der Waals surface area (Å²) in [4.78, 5) is 17.1. The minimum absolute atomic E-state index is 0.0237. The van der Waals surface area contributed by atoms with Crippen LogP contribution in [0.2, 0.25) is 5.02 Å². The molecular weight excluding hydrogens is 452 g/mol. The minimum atomic E-state index is -0.0237. The van der Waals surface area contributed by atoms with Crippen molar-refractivity contribution in [1.29, 1.82) is 0 Å². The van der Waals surface area contributed by atoms with Gasteiger partial charge in [0.05, 0.1) is 33.3 Å². The molecule has 0 bridgehead atoms. The maximum Gasteiger partial charge on any atom is 0.255 e. The molecule has 1 fully saturated rings. The second-order valence-electron chi connectivity index (χ2n) is 7.17. The number of nitrogens with zero attached hydrogens (tertiary/aromatic N) is 4. The number of benzene rings is 2. The summed E-state index contributed by atoms with van der Waals surface area (Å²) in [7, 11) is 0. The second kappa shape index (κ2) is 8.20. The molecule has 3 aromatic rings. The van der Waals surface area contributed by atoms with E-state index < -0.39 is 0 Å². The van der Waals surface area contributed by atoms with Crippen molar-refractivity contribution in [3.8, 4) is 5.69 Å². The highest BCUT2D eigenvalue weighted by molar-refractivity contribution is 9.10. The molecule has 4 rings (SSSR count). The number of rotatable bonds is 3. The summed E-state index contributed by atoms with van der Waals surface area (Å²) >= 11 is 9.67. The van der Waals surface area contributed by atoms with E-state index in [0.717, 1.165) is 40.3 Å². The Hall–Kier alpha value is -2.31. The van der Waals surface area contributed by atoms with Gasteiger partial charge in [0.2, 0.25) is 0 Å². The van der Waals surface area contributed by atoms with Crippen molar-refractivity contribution < 1.29 is 4.79 Å². The fourth-order valence-electron chi connectivity index (χ4n) is 3.88. The van der Waals surface area contributed by atoms with E-state index in [2.05, 4.69) is 39.9 Å². The normalized spacial score (nSPS) is 14.3. The minimum Gasteiger partial charge on any atom is -0.365 e. The third kappa shape index (κ3) is 3.91. The SMILES string of the molecule is Cc1nn(-c2ccccc2)c(C)c1N1CCN(C(=O)c2cc(Br)ccc2Cl)CC1. The highest BCUT2D eigenvalue weighted by Crippen LogP contribution is 2.28. The highest BCUT2D eigenvalue weighted by atomic mass is 79.9. The van der Waals surface area contributed by atoms with E-state index in [-0.39, 0.29) is 5.91 Å². The first-order chi connectivity index (χ1) is 14.0. The summed E-state index contributed by atoms with van der Waals surface area (Å²) in [6, 6.07) is 15.5. The molecule has 0 spiro atoms. The van der Waals surface area contributed by atoms with Gasteiger partial charge in [0, 0.05) is 30.7 Å². The van der Waals surface area contributed by atoms with Gasteiger partial charge in [-0.1, -0.05) is 45.7 Å². The van der Waals surface area contributed by atoms with Gasteiger partial charge in [0.1, 0.15) is 0 Å². The van der Waals surface area contributed by atoms with Crippen LogP contribution >= 0.6 is 27.5 Å². The number of hydrogen-bond acceptors (Lipinski definition) is 3. The molecule has 2 aromatic carbocycles. The van der Waals surface area contributed by atoms with Gasteiger partial charge >= 0.3 is 0 Å². The van der Waals surface area contributed by atoms with Crippen molar-refractivity contribution in [2.24, 2.45) is 0 Å². The molecule has 29 heavy (non-hydrogen) atoms. The topological polar surface area (TPSA) is 41.4 Å². The number of amides is 1. The third-order valence-corrected chi connectivity index (χ3v) is 6.12. The molecule has 150 valence electrons. The summed E-state index contributed by atoms with van der Waals surface area (Å²) in [5.41, 5.74) is 4.86. The maximum atomic E-state index is 12.9. The summed E-state index contributed by atoms with van der Waals surface area (Å²) < 4.78 is 2.84. The lowest BCUT2D eigenvalue weighted by Gasteiger charge is -2.36. The molecule has 0 aliphatic carbocycles. The maximum absolute atomic E-state index is 12.9. The van der Waals surface area contributed by atoms with E-state index in [1.807, 2.05) is 40.8 Å². The molecule has 1 aromatic heterocycles. The Morgan fingerprint density at radius 1 is 1.03 bits per heavy atom. The summed E-state index contributed by atoms with van der Waals surface area (Å²) in [5.74, 6) is -0.0237. The van der Waals surface area contributed by atoms with Crippen LogP contribution in [0.1, 0.15) is 21.7 Å². The van der Waals surface area contributed by atoms with Crippen LogP contribution in [0.3, 0.4) is 0 Å². The Morgan fingerprint density at radius 2 is 1.72 bits per heavy atom. The van der Waals surface area contributed by atoms with Gasteiger partial charge in [0.15, 0.2) is 0 Å².